The third-order valence-corrected chi connectivity index (χ3v) is 4.53. The Hall–Kier alpha value is -0.610. The maximum atomic E-state index is 9.85. The number of hydrogen-bond donors (Lipinski definition) is 0. The molecule has 25 heavy (non-hydrogen) atoms. The highest BCUT2D eigenvalue weighted by molar-refractivity contribution is 5.37. The largest absolute Gasteiger partial charge is 0.457 e. The summed E-state index contributed by atoms with van der Waals surface area (Å²) in [4.78, 5) is 9.85. The molecule has 0 heterocycles. The van der Waals surface area contributed by atoms with Gasteiger partial charge in [-0.3, -0.25) is 0 Å². The zero-order valence-electron chi connectivity index (χ0n) is 16.6. The molecule has 0 fully saturated rings. The monoisotopic (exact) mass is 357 g/mol. The Morgan fingerprint density at radius 3 is 1.32 bits per heavy atom. The van der Waals surface area contributed by atoms with Crippen molar-refractivity contribution >= 4 is 6.47 Å². The average molecular weight is 358 g/mol. The maximum Gasteiger partial charge on any atom is 0.417 e. The molecule has 0 aromatic rings. The summed E-state index contributed by atoms with van der Waals surface area (Å²) in [7, 11) is 1.71. The van der Waals surface area contributed by atoms with E-state index in [1.165, 1.54) is 96.4 Å². The molecule has 0 unspecified atom stereocenters. The number of unbranched alkanes of at least 4 members (excludes halogenated alkanes) is 14. The molecule has 1 radical (unpaired) electrons. The lowest BCUT2D eigenvalue weighted by molar-refractivity contribution is 0.0685. The van der Waals surface area contributed by atoms with Crippen molar-refractivity contribution in [2.45, 2.75) is 96.3 Å². The van der Waals surface area contributed by atoms with Crippen molar-refractivity contribution in [1.29, 1.82) is 0 Å². The van der Waals surface area contributed by atoms with Gasteiger partial charge in [0, 0.05) is 13.7 Å². The third-order valence-electron chi connectivity index (χ3n) is 4.53. The Labute approximate surface area is 156 Å². The van der Waals surface area contributed by atoms with Gasteiger partial charge in [0.15, 0.2) is 0 Å². The second kappa shape index (κ2) is 23.4. The minimum Gasteiger partial charge on any atom is -0.457 e. The topological polar surface area (TPSA) is 44.8 Å². The van der Waals surface area contributed by atoms with Crippen LogP contribution in [-0.2, 0) is 19.0 Å². The molecule has 0 N–H and O–H groups in total. The molecule has 0 saturated heterocycles. The highest BCUT2D eigenvalue weighted by Gasteiger charge is 1.95. The van der Waals surface area contributed by atoms with Crippen LogP contribution in [0, 0.1) is 0 Å². The van der Waals surface area contributed by atoms with Crippen molar-refractivity contribution in [3.8, 4) is 0 Å². The van der Waals surface area contributed by atoms with Crippen LogP contribution in [0.1, 0.15) is 96.3 Å². The van der Waals surface area contributed by atoms with E-state index in [0.717, 1.165) is 19.6 Å². The molecule has 0 amide bonds. The molecule has 0 aromatic heterocycles. The van der Waals surface area contributed by atoms with Gasteiger partial charge in [0.05, 0.1) is 19.8 Å². The second-order valence-corrected chi connectivity index (χ2v) is 6.84. The number of carbonyl (C=O) groups excluding carboxylic acids is 1. The lowest BCUT2D eigenvalue weighted by Gasteiger charge is -2.04. The second-order valence-electron chi connectivity index (χ2n) is 6.84. The van der Waals surface area contributed by atoms with Crippen LogP contribution in [0.15, 0.2) is 0 Å². The first-order valence-electron chi connectivity index (χ1n) is 10.5. The van der Waals surface area contributed by atoms with Gasteiger partial charge in [-0.25, -0.2) is 4.79 Å². The van der Waals surface area contributed by atoms with Gasteiger partial charge in [-0.05, 0) is 12.8 Å². The summed E-state index contributed by atoms with van der Waals surface area (Å²) in [5.41, 5.74) is 0. The van der Waals surface area contributed by atoms with Gasteiger partial charge in [-0.2, -0.15) is 0 Å². The van der Waals surface area contributed by atoms with Gasteiger partial charge in [0.25, 0.3) is 0 Å². The van der Waals surface area contributed by atoms with Crippen LogP contribution in [0.4, 0.5) is 0 Å². The molecule has 0 bridgehead atoms. The lowest BCUT2D eigenvalue weighted by Crippen LogP contribution is -2.02. The van der Waals surface area contributed by atoms with E-state index in [0.29, 0.717) is 13.2 Å². The summed E-state index contributed by atoms with van der Waals surface area (Å²) >= 11 is 0. The van der Waals surface area contributed by atoms with Crippen molar-refractivity contribution in [3.05, 3.63) is 0 Å². The molecule has 0 aliphatic carbocycles. The summed E-state index contributed by atoms with van der Waals surface area (Å²) in [5.74, 6) is 0. The molecule has 0 aliphatic rings. The van der Waals surface area contributed by atoms with E-state index in [1.807, 2.05) is 0 Å². The Balaban J connectivity index is 2.95. The van der Waals surface area contributed by atoms with Crippen LogP contribution in [0.3, 0.4) is 0 Å². The highest BCUT2D eigenvalue weighted by atomic mass is 16.5. The molecular weight excluding hydrogens is 316 g/mol. The first kappa shape index (κ1) is 24.4. The molecule has 0 atom stereocenters. The average Bonchev–Trinajstić information content (AvgIpc) is 2.63. The van der Waals surface area contributed by atoms with Crippen molar-refractivity contribution < 1.29 is 19.0 Å². The molecule has 4 nitrogen and oxygen atoms in total. The quantitative estimate of drug-likeness (QED) is 0.237. The summed E-state index contributed by atoms with van der Waals surface area (Å²) < 4.78 is 15.0. The summed E-state index contributed by atoms with van der Waals surface area (Å²) in [5, 5.41) is 0. The van der Waals surface area contributed by atoms with Crippen molar-refractivity contribution in [3.63, 3.8) is 0 Å². The third kappa shape index (κ3) is 23.4. The van der Waals surface area contributed by atoms with E-state index in [4.69, 9.17) is 9.47 Å². The molecule has 0 spiro atoms. The summed E-state index contributed by atoms with van der Waals surface area (Å²) in [6.07, 6.45) is 19.7. The fourth-order valence-corrected chi connectivity index (χ4v) is 2.96. The molecule has 0 saturated carbocycles. The van der Waals surface area contributed by atoms with Crippen LogP contribution in [-0.4, -0.2) is 40.0 Å². The van der Waals surface area contributed by atoms with Gasteiger partial charge >= 0.3 is 6.47 Å². The van der Waals surface area contributed by atoms with Crippen LogP contribution < -0.4 is 0 Å². The summed E-state index contributed by atoms with van der Waals surface area (Å²) in [6.45, 7) is 4.32. The van der Waals surface area contributed by atoms with E-state index in [-0.39, 0.29) is 0 Å². The van der Waals surface area contributed by atoms with E-state index in [2.05, 4.69) is 4.74 Å². The van der Waals surface area contributed by atoms with E-state index in [1.54, 1.807) is 7.11 Å². The highest BCUT2D eigenvalue weighted by Crippen LogP contribution is 2.13. The minimum absolute atomic E-state index is 0.533. The lowest BCUT2D eigenvalue weighted by atomic mass is 10.0. The molecule has 0 aliphatic heterocycles. The van der Waals surface area contributed by atoms with E-state index < -0.39 is 0 Å². The maximum absolute atomic E-state index is 9.85. The Morgan fingerprint density at radius 2 is 0.920 bits per heavy atom. The van der Waals surface area contributed by atoms with Gasteiger partial charge in [-0.1, -0.05) is 83.5 Å². The fourth-order valence-electron chi connectivity index (χ4n) is 2.96. The first-order chi connectivity index (χ1) is 12.4. The molecule has 149 valence electrons. The zero-order valence-corrected chi connectivity index (χ0v) is 16.6. The first-order valence-corrected chi connectivity index (χ1v) is 10.5. The van der Waals surface area contributed by atoms with Crippen LogP contribution in [0.5, 0.6) is 0 Å². The van der Waals surface area contributed by atoms with Gasteiger partial charge in [0.2, 0.25) is 0 Å². The predicted octanol–water partition coefficient (Wildman–Crippen LogP) is 5.58. The van der Waals surface area contributed by atoms with Gasteiger partial charge in [0.1, 0.15) is 0 Å². The summed E-state index contributed by atoms with van der Waals surface area (Å²) in [6, 6.07) is 0. The number of ether oxygens (including phenoxy) is 3. The molecule has 4 heteroatoms. The van der Waals surface area contributed by atoms with Crippen molar-refractivity contribution in [2.75, 3.05) is 33.5 Å². The van der Waals surface area contributed by atoms with Gasteiger partial charge in [-0.15, -0.1) is 0 Å². The minimum atomic E-state index is 0.533. The molecule has 0 aromatic carbocycles. The van der Waals surface area contributed by atoms with Crippen LogP contribution >= 0.6 is 0 Å². The van der Waals surface area contributed by atoms with Crippen molar-refractivity contribution in [2.24, 2.45) is 0 Å². The zero-order chi connectivity index (χ0) is 18.3. The Bertz CT molecular complexity index is 246. The fraction of sp³-hybridized carbons (Fsp3) is 0.952. The Kier molecular flexibility index (Phi) is 22.8. The number of hydrogen-bond acceptors (Lipinski definition) is 4. The van der Waals surface area contributed by atoms with E-state index >= 15 is 0 Å². The van der Waals surface area contributed by atoms with Gasteiger partial charge < -0.3 is 14.2 Å². The normalized spacial score (nSPS) is 10.9. The van der Waals surface area contributed by atoms with Crippen LogP contribution in [0.2, 0.25) is 0 Å². The predicted molar refractivity (Wildman–Crippen MR) is 104 cm³/mol. The standard InChI is InChI=1S/C21H41O4/c1-23-19-20-24-17-15-13-11-9-7-5-3-2-4-6-8-10-12-14-16-18-25-21-22/h2-20H2,1H3. The smallest absolute Gasteiger partial charge is 0.417 e. The van der Waals surface area contributed by atoms with E-state index in [9.17, 15) is 4.79 Å². The van der Waals surface area contributed by atoms with Crippen molar-refractivity contribution in [1.82, 2.24) is 0 Å². The number of methoxy groups -OCH3 is 1. The Morgan fingerprint density at radius 1 is 0.520 bits per heavy atom. The molecular formula is C21H41O4. The molecule has 0 rings (SSSR count). The number of rotatable bonds is 22. The van der Waals surface area contributed by atoms with Crippen LogP contribution in [0.25, 0.3) is 0 Å². The SMILES string of the molecule is COCCOCCCCCCCCCCCCCCCCCO[C]=O.